The van der Waals surface area contributed by atoms with E-state index in [1.165, 1.54) is 31.5 Å². The summed E-state index contributed by atoms with van der Waals surface area (Å²) in [6.45, 7) is 5.42. The third kappa shape index (κ3) is 4.91. The van der Waals surface area contributed by atoms with Crippen molar-refractivity contribution in [1.82, 2.24) is 24.8 Å². The van der Waals surface area contributed by atoms with Gasteiger partial charge < -0.3 is 5.32 Å². The van der Waals surface area contributed by atoms with E-state index in [4.69, 9.17) is 4.98 Å². The van der Waals surface area contributed by atoms with Crippen LogP contribution >= 0.6 is 0 Å². The first kappa shape index (κ1) is 21.2. The predicted molar refractivity (Wildman–Crippen MR) is 133 cm³/mol. The van der Waals surface area contributed by atoms with E-state index in [0.29, 0.717) is 5.82 Å². The molecule has 0 radical (unpaired) electrons. The third-order valence-electron chi connectivity index (χ3n) is 6.03. The van der Waals surface area contributed by atoms with Crippen LogP contribution in [-0.2, 0) is 6.54 Å². The van der Waals surface area contributed by atoms with Gasteiger partial charge in [0.1, 0.15) is 11.5 Å². The van der Waals surface area contributed by atoms with Gasteiger partial charge in [-0.15, -0.1) is 0 Å². The molecule has 0 amide bonds. The Morgan fingerprint density at radius 1 is 0.818 bits per heavy atom. The molecular weight excluding hydrogens is 408 g/mol. The summed E-state index contributed by atoms with van der Waals surface area (Å²) in [5.74, 6) is 1.34. The number of anilines is 1. The van der Waals surface area contributed by atoms with E-state index in [1.807, 2.05) is 50.6 Å². The first-order valence-electron chi connectivity index (χ1n) is 11.5. The van der Waals surface area contributed by atoms with Gasteiger partial charge in [0.25, 0.3) is 0 Å². The predicted octanol–water partition coefficient (Wildman–Crippen LogP) is 5.21. The van der Waals surface area contributed by atoms with Gasteiger partial charge >= 0.3 is 0 Å². The largest absolute Gasteiger partial charge is 0.373 e. The summed E-state index contributed by atoms with van der Waals surface area (Å²) < 4.78 is 0. The van der Waals surface area contributed by atoms with Crippen LogP contribution in [0.1, 0.15) is 24.1 Å². The number of benzene rings is 1. The Hall–Kier alpha value is -3.64. The van der Waals surface area contributed by atoms with Gasteiger partial charge in [0.05, 0.1) is 5.69 Å². The number of nitrogens with one attached hydrogen (secondary N) is 1. The Balaban J connectivity index is 1.44. The zero-order valence-corrected chi connectivity index (χ0v) is 19.1. The number of aryl methyl sites for hydroxylation is 1. The average Bonchev–Trinajstić information content (AvgIpc) is 3.37. The van der Waals surface area contributed by atoms with E-state index in [2.05, 4.69) is 55.5 Å². The van der Waals surface area contributed by atoms with Crippen molar-refractivity contribution in [1.29, 1.82) is 0 Å². The second kappa shape index (κ2) is 9.46. The molecule has 0 aliphatic carbocycles. The molecule has 6 heteroatoms. The van der Waals surface area contributed by atoms with Crippen LogP contribution in [0.4, 0.5) is 5.82 Å². The van der Waals surface area contributed by atoms with Gasteiger partial charge in [0.15, 0.2) is 5.82 Å². The fourth-order valence-corrected chi connectivity index (χ4v) is 4.24. The fourth-order valence-electron chi connectivity index (χ4n) is 4.24. The average molecular weight is 437 g/mol. The summed E-state index contributed by atoms with van der Waals surface area (Å²) in [5, 5.41) is 3.14. The highest BCUT2D eigenvalue weighted by atomic mass is 15.1. The first-order chi connectivity index (χ1) is 16.2. The van der Waals surface area contributed by atoms with E-state index < -0.39 is 0 Å². The van der Waals surface area contributed by atoms with Crippen molar-refractivity contribution in [2.24, 2.45) is 0 Å². The maximum Gasteiger partial charge on any atom is 0.180 e. The molecule has 0 spiro atoms. The van der Waals surface area contributed by atoms with Crippen LogP contribution in [0.3, 0.4) is 0 Å². The summed E-state index contributed by atoms with van der Waals surface area (Å²) in [4.78, 5) is 21.0. The Kier molecular flexibility index (Phi) is 6.09. The molecule has 33 heavy (non-hydrogen) atoms. The van der Waals surface area contributed by atoms with Crippen molar-refractivity contribution < 1.29 is 0 Å². The normalized spacial score (nSPS) is 13.9. The molecule has 1 aliphatic heterocycles. The van der Waals surface area contributed by atoms with Crippen LogP contribution in [-0.4, -0.2) is 45.0 Å². The quantitative estimate of drug-likeness (QED) is 0.447. The molecule has 3 aromatic heterocycles. The van der Waals surface area contributed by atoms with E-state index in [9.17, 15) is 0 Å². The lowest BCUT2D eigenvalue weighted by atomic mass is 10.0. The Labute approximate surface area is 194 Å². The molecule has 1 fully saturated rings. The molecular formula is C27H28N6. The van der Waals surface area contributed by atoms with Gasteiger partial charge in [0.2, 0.25) is 0 Å². The van der Waals surface area contributed by atoms with Crippen LogP contribution < -0.4 is 5.32 Å². The molecule has 1 saturated heterocycles. The van der Waals surface area contributed by atoms with Gasteiger partial charge in [-0.3, -0.25) is 9.88 Å². The molecule has 0 bridgehead atoms. The molecule has 5 rings (SSSR count). The lowest BCUT2D eigenvalue weighted by molar-refractivity contribution is 0.331. The summed E-state index contributed by atoms with van der Waals surface area (Å²) >= 11 is 0. The van der Waals surface area contributed by atoms with E-state index in [1.54, 1.807) is 0 Å². The Morgan fingerprint density at radius 2 is 1.61 bits per heavy atom. The molecule has 0 unspecified atom stereocenters. The topological polar surface area (TPSA) is 66.8 Å². The molecule has 1 aromatic carbocycles. The zero-order valence-electron chi connectivity index (χ0n) is 19.1. The van der Waals surface area contributed by atoms with Crippen LogP contribution in [0.25, 0.3) is 33.9 Å². The van der Waals surface area contributed by atoms with E-state index in [0.717, 1.165) is 46.1 Å². The number of rotatable bonds is 6. The summed E-state index contributed by atoms with van der Waals surface area (Å²) in [7, 11) is 1.86. The van der Waals surface area contributed by atoms with Gasteiger partial charge in [-0.1, -0.05) is 30.3 Å². The van der Waals surface area contributed by atoms with Crippen molar-refractivity contribution in [3.05, 3.63) is 78.2 Å². The minimum Gasteiger partial charge on any atom is -0.373 e. The maximum atomic E-state index is 4.81. The van der Waals surface area contributed by atoms with Crippen molar-refractivity contribution in [3.63, 3.8) is 0 Å². The molecule has 0 atom stereocenters. The highest BCUT2D eigenvalue weighted by Gasteiger charge is 2.13. The van der Waals surface area contributed by atoms with Crippen LogP contribution in [0, 0.1) is 6.92 Å². The standard InChI is InChI=1S/C27H28N6/c1-19-6-5-7-24(30-19)27-31-25(15-26(28-2)32-27)23-14-22(16-29-17-23)21-10-8-20(9-11-21)18-33-12-3-4-13-33/h5-11,14-17H,3-4,12-13,18H2,1-2H3,(H,28,31,32). The second-order valence-electron chi connectivity index (χ2n) is 8.52. The van der Waals surface area contributed by atoms with Crippen molar-refractivity contribution in [2.75, 3.05) is 25.5 Å². The summed E-state index contributed by atoms with van der Waals surface area (Å²) in [6, 6.07) is 18.8. The molecule has 0 saturated carbocycles. The van der Waals surface area contributed by atoms with Gasteiger partial charge in [-0.25, -0.2) is 15.0 Å². The molecule has 1 N–H and O–H groups in total. The molecule has 6 nitrogen and oxygen atoms in total. The number of hydrogen-bond donors (Lipinski definition) is 1. The van der Waals surface area contributed by atoms with Crippen LogP contribution in [0.2, 0.25) is 0 Å². The SMILES string of the molecule is CNc1cc(-c2cncc(-c3ccc(CN4CCCC4)cc3)c2)nc(-c2cccc(C)n2)n1. The number of aromatic nitrogens is 4. The molecule has 166 valence electrons. The smallest absolute Gasteiger partial charge is 0.180 e. The first-order valence-corrected chi connectivity index (χ1v) is 11.5. The molecule has 1 aliphatic rings. The second-order valence-corrected chi connectivity index (χ2v) is 8.52. The fraction of sp³-hybridized carbons (Fsp3) is 0.259. The lowest BCUT2D eigenvalue weighted by Gasteiger charge is -2.14. The van der Waals surface area contributed by atoms with E-state index in [-0.39, 0.29) is 0 Å². The zero-order chi connectivity index (χ0) is 22.6. The highest BCUT2D eigenvalue weighted by Crippen LogP contribution is 2.27. The number of likely N-dealkylation sites (tertiary alicyclic amines) is 1. The Morgan fingerprint density at radius 3 is 2.36 bits per heavy atom. The van der Waals surface area contributed by atoms with Crippen LogP contribution in [0.15, 0.2) is 67.0 Å². The maximum absolute atomic E-state index is 4.81. The van der Waals surface area contributed by atoms with Gasteiger partial charge in [-0.2, -0.15) is 0 Å². The van der Waals surface area contributed by atoms with E-state index >= 15 is 0 Å². The van der Waals surface area contributed by atoms with Gasteiger partial charge in [0, 0.05) is 48.9 Å². The molecule has 4 heterocycles. The minimum atomic E-state index is 0.595. The monoisotopic (exact) mass is 436 g/mol. The minimum absolute atomic E-state index is 0.595. The number of nitrogens with zero attached hydrogens (tertiary/aromatic N) is 5. The third-order valence-corrected chi connectivity index (χ3v) is 6.03. The van der Waals surface area contributed by atoms with Gasteiger partial charge in [-0.05, 0) is 62.2 Å². The summed E-state index contributed by atoms with van der Waals surface area (Å²) in [5.41, 5.74) is 7.03. The van der Waals surface area contributed by atoms with Crippen molar-refractivity contribution >= 4 is 5.82 Å². The van der Waals surface area contributed by atoms with Crippen molar-refractivity contribution in [2.45, 2.75) is 26.3 Å². The highest BCUT2D eigenvalue weighted by molar-refractivity contribution is 5.72. The number of hydrogen-bond acceptors (Lipinski definition) is 6. The Bertz CT molecular complexity index is 1250. The lowest BCUT2D eigenvalue weighted by Crippen LogP contribution is -2.18. The summed E-state index contributed by atoms with van der Waals surface area (Å²) in [6.07, 6.45) is 6.38. The van der Waals surface area contributed by atoms with Crippen molar-refractivity contribution in [3.8, 4) is 33.9 Å². The number of pyridine rings is 2. The van der Waals surface area contributed by atoms with Crippen LogP contribution in [0.5, 0.6) is 0 Å². The molecule has 4 aromatic rings.